The van der Waals surface area contributed by atoms with Crippen LogP contribution in [0.4, 0.5) is 0 Å². The first-order chi connectivity index (χ1) is 9.47. The van der Waals surface area contributed by atoms with Gasteiger partial charge in [0, 0.05) is 6.42 Å². The molecule has 1 aliphatic rings. The van der Waals surface area contributed by atoms with Crippen LogP contribution in [0.3, 0.4) is 0 Å². The molecule has 1 aliphatic heterocycles. The average Bonchev–Trinajstić information content (AvgIpc) is 2.81. The average molecular weight is 294 g/mol. The molecule has 1 amide bonds. The van der Waals surface area contributed by atoms with Gasteiger partial charge in [-0.3, -0.25) is 4.79 Å². The minimum Gasteiger partial charge on any atom is -0.477 e. The van der Waals surface area contributed by atoms with Crippen LogP contribution in [0, 0.1) is 13.8 Å². The van der Waals surface area contributed by atoms with Gasteiger partial charge in [0.1, 0.15) is 16.8 Å². The number of carboxylic acid groups (broad SMARTS) is 1. The third-order valence-corrected chi connectivity index (χ3v) is 5.89. The van der Waals surface area contributed by atoms with Gasteiger partial charge in [0.2, 0.25) is 5.25 Å². The molecule has 0 bridgehead atoms. The van der Waals surface area contributed by atoms with Gasteiger partial charge in [0.15, 0.2) is 0 Å². The predicted octanol–water partition coefficient (Wildman–Crippen LogP) is 1.74. The van der Waals surface area contributed by atoms with Gasteiger partial charge in [-0.1, -0.05) is 23.8 Å². The van der Waals surface area contributed by atoms with E-state index in [1.807, 2.05) is 26.0 Å². The van der Waals surface area contributed by atoms with Gasteiger partial charge in [0.05, 0.1) is 6.42 Å². The highest BCUT2D eigenvalue weighted by Crippen LogP contribution is 2.21. The second-order valence-electron chi connectivity index (χ2n) is 5.23. The van der Waals surface area contributed by atoms with Crippen molar-refractivity contribution in [1.82, 2.24) is 4.72 Å². The molecule has 1 saturated heterocycles. The molecule has 0 radical (unpaired) electrons. The Morgan fingerprint density at radius 2 is 2.15 bits per heavy atom. The number of carboxylic acids is 1. The van der Waals surface area contributed by atoms with E-state index in [0.717, 1.165) is 23.3 Å². The van der Waals surface area contributed by atoms with Gasteiger partial charge < -0.3 is 5.11 Å². The maximum atomic E-state index is 12.1. The molecule has 5 heteroatoms. The van der Waals surface area contributed by atoms with Crippen LogP contribution in [-0.2, 0) is 27.1 Å². The van der Waals surface area contributed by atoms with Gasteiger partial charge in [-0.25, -0.2) is 4.79 Å². The van der Waals surface area contributed by atoms with Gasteiger partial charge in [0.25, 0.3) is 5.91 Å². The third kappa shape index (κ3) is 3.54. The minimum atomic E-state index is -0.794. The van der Waals surface area contributed by atoms with E-state index in [-0.39, 0.29) is 5.91 Å². The van der Waals surface area contributed by atoms with Crippen LogP contribution in [0.5, 0.6) is 0 Å². The molecule has 0 aromatic heterocycles. The van der Waals surface area contributed by atoms with Gasteiger partial charge in [-0.2, -0.15) is 4.72 Å². The Bertz CT molecular complexity index is 530. The minimum absolute atomic E-state index is 0.0755. The number of hydrogen-bond donors (Lipinski definition) is 2. The Morgan fingerprint density at radius 3 is 2.80 bits per heavy atom. The maximum absolute atomic E-state index is 12.1. The lowest BCUT2D eigenvalue weighted by atomic mass is 10.0. The van der Waals surface area contributed by atoms with E-state index in [9.17, 15) is 9.59 Å². The summed E-state index contributed by atoms with van der Waals surface area (Å²) in [5, 5.41) is 8.71. The SMILES string of the molecule is Cc1ccc(CC(=O)N[S+]2CCCC2C(=O)O)c(C)c1. The van der Waals surface area contributed by atoms with E-state index in [1.54, 1.807) is 0 Å². The number of nitrogens with one attached hydrogen (secondary N) is 1. The zero-order valence-corrected chi connectivity index (χ0v) is 12.6. The largest absolute Gasteiger partial charge is 0.477 e. The van der Waals surface area contributed by atoms with Crippen molar-refractivity contribution in [3.63, 3.8) is 0 Å². The lowest BCUT2D eigenvalue weighted by Crippen LogP contribution is -2.40. The first-order valence-electron chi connectivity index (χ1n) is 6.75. The molecule has 20 heavy (non-hydrogen) atoms. The highest BCUT2D eigenvalue weighted by Gasteiger charge is 2.43. The van der Waals surface area contributed by atoms with Crippen molar-refractivity contribution < 1.29 is 14.7 Å². The predicted molar refractivity (Wildman–Crippen MR) is 80.7 cm³/mol. The summed E-state index contributed by atoms with van der Waals surface area (Å²) >= 11 is -0.509. The molecular weight excluding hydrogens is 274 g/mol. The molecule has 2 unspecified atom stereocenters. The lowest BCUT2D eigenvalue weighted by Gasteiger charge is -2.09. The van der Waals surface area contributed by atoms with E-state index < -0.39 is 22.3 Å². The van der Waals surface area contributed by atoms with Gasteiger partial charge in [-0.05, 0) is 31.4 Å². The summed E-state index contributed by atoms with van der Waals surface area (Å²) < 4.78 is 2.91. The van der Waals surface area contributed by atoms with Crippen LogP contribution in [0.15, 0.2) is 18.2 Å². The van der Waals surface area contributed by atoms with Gasteiger partial charge in [-0.15, -0.1) is 0 Å². The number of hydrogen-bond acceptors (Lipinski definition) is 2. The molecule has 4 nitrogen and oxygen atoms in total. The van der Waals surface area contributed by atoms with E-state index in [4.69, 9.17) is 5.11 Å². The normalized spacial score (nSPS) is 21.7. The molecule has 0 saturated carbocycles. The molecule has 1 heterocycles. The van der Waals surface area contributed by atoms with E-state index >= 15 is 0 Å². The number of benzene rings is 1. The molecule has 1 aromatic carbocycles. The van der Waals surface area contributed by atoms with Crippen molar-refractivity contribution in [1.29, 1.82) is 0 Å². The topological polar surface area (TPSA) is 66.4 Å². The number of amides is 1. The Hall–Kier alpha value is -1.49. The second kappa shape index (κ2) is 6.31. The van der Waals surface area contributed by atoms with Crippen molar-refractivity contribution in [2.45, 2.75) is 38.4 Å². The smallest absolute Gasteiger partial charge is 0.359 e. The number of aliphatic carboxylic acids is 1. The Balaban J connectivity index is 1.97. The van der Waals surface area contributed by atoms with Gasteiger partial charge >= 0.3 is 5.97 Å². The van der Waals surface area contributed by atoms with E-state index in [1.165, 1.54) is 5.56 Å². The molecule has 2 atom stereocenters. The second-order valence-corrected chi connectivity index (χ2v) is 7.27. The highest BCUT2D eigenvalue weighted by molar-refractivity contribution is 7.97. The van der Waals surface area contributed by atoms with Crippen molar-refractivity contribution >= 4 is 23.0 Å². The quantitative estimate of drug-likeness (QED) is 0.831. The lowest BCUT2D eigenvalue weighted by molar-refractivity contribution is -0.136. The number of rotatable bonds is 4. The summed E-state index contributed by atoms with van der Waals surface area (Å²) in [7, 11) is 0. The summed E-state index contributed by atoms with van der Waals surface area (Å²) in [6.45, 7) is 4.02. The van der Waals surface area contributed by atoms with Crippen LogP contribution in [-0.4, -0.2) is 28.0 Å². The van der Waals surface area contributed by atoms with Crippen LogP contribution in [0.25, 0.3) is 0 Å². The fourth-order valence-corrected chi connectivity index (χ4v) is 4.54. The standard InChI is InChI=1S/C15H19NO3S/c1-10-5-6-12(11(2)8-10)9-14(17)16-20-7-3-4-13(20)15(18)19/h5-6,8,13H,3-4,7,9H2,1-2H3,(H-,16,17,18,19)/p+1. The Labute approximate surface area is 122 Å². The number of aryl methyl sites for hydroxylation is 2. The third-order valence-electron chi connectivity index (χ3n) is 3.54. The Kier molecular flexibility index (Phi) is 4.70. The molecule has 1 aromatic rings. The molecule has 0 spiro atoms. The summed E-state index contributed by atoms with van der Waals surface area (Å²) in [6, 6.07) is 6.02. The first-order valence-corrected chi connectivity index (χ1v) is 8.21. The summed E-state index contributed by atoms with van der Waals surface area (Å²) in [5.41, 5.74) is 3.28. The Morgan fingerprint density at radius 1 is 1.40 bits per heavy atom. The van der Waals surface area contributed by atoms with Crippen LogP contribution < -0.4 is 4.72 Å². The van der Waals surface area contributed by atoms with Crippen LogP contribution in [0.1, 0.15) is 29.5 Å². The van der Waals surface area contributed by atoms with Crippen molar-refractivity contribution in [2.75, 3.05) is 5.75 Å². The summed E-state index contributed by atoms with van der Waals surface area (Å²) in [5.74, 6) is -0.0821. The van der Waals surface area contributed by atoms with Crippen molar-refractivity contribution in [3.05, 3.63) is 34.9 Å². The molecule has 2 rings (SSSR count). The number of carbonyl (C=O) groups excluding carboxylic acids is 1. The molecule has 0 aliphatic carbocycles. The van der Waals surface area contributed by atoms with E-state index in [0.29, 0.717) is 12.8 Å². The molecular formula is C15H20NO3S+. The van der Waals surface area contributed by atoms with Crippen molar-refractivity contribution in [3.8, 4) is 0 Å². The molecule has 108 valence electrons. The number of carbonyl (C=O) groups is 2. The summed E-state index contributed by atoms with van der Waals surface area (Å²) in [6.07, 6.45) is 1.87. The monoisotopic (exact) mass is 294 g/mol. The highest BCUT2D eigenvalue weighted by atomic mass is 32.2. The zero-order valence-electron chi connectivity index (χ0n) is 11.8. The first kappa shape index (κ1) is 14.9. The van der Waals surface area contributed by atoms with Crippen LogP contribution in [0.2, 0.25) is 0 Å². The van der Waals surface area contributed by atoms with Crippen molar-refractivity contribution in [2.24, 2.45) is 0 Å². The van der Waals surface area contributed by atoms with Crippen LogP contribution >= 0.6 is 0 Å². The summed E-state index contributed by atoms with van der Waals surface area (Å²) in [4.78, 5) is 23.2. The molecule has 1 fully saturated rings. The maximum Gasteiger partial charge on any atom is 0.359 e. The zero-order chi connectivity index (χ0) is 14.7. The van der Waals surface area contributed by atoms with E-state index in [2.05, 4.69) is 10.8 Å². The fourth-order valence-electron chi connectivity index (χ4n) is 2.48. The molecule has 2 N–H and O–H groups in total. The fraction of sp³-hybridized carbons (Fsp3) is 0.467.